The molecule has 5 heteroatoms. The third kappa shape index (κ3) is 6.34. The lowest BCUT2D eigenvalue weighted by Gasteiger charge is -2.18. The Bertz CT molecular complexity index is 373. The summed E-state index contributed by atoms with van der Waals surface area (Å²) in [6.45, 7) is 3.69. The Kier molecular flexibility index (Phi) is 8.22. The number of aliphatic hydroxyl groups is 1. The summed E-state index contributed by atoms with van der Waals surface area (Å²) >= 11 is 0. The van der Waals surface area contributed by atoms with Gasteiger partial charge in [0.2, 0.25) is 0 Å². The molecule has 0 aliphatic heterocycles. The van der Waals surface area contributed by atoms with Crippen LogP contribution in [-0.4, -0.2) is 51.3 Å². The van der Waals surface area contributed by atoms with Gasteiger partial charge in [0.1, 0.15) is 0 Å². The summed E-state index contributed by atoms with van der Waals surface area (Å²) in [7, 11) is 3.29. The number of anilines is 1. The van der Waals surface area contributed by atoms with Gasteiger partial charge in [0.05, 0.1) is 32.0 Å². The number of nitrogens with one attached hydrogen (secondary N) is 1. The highest BCUT2D eigenvalue weighted by atomic mass is 16.5. The monoisotopic (exact) mass is 283 g/mol. The number of para-hydroxylation sites is 1. The highest BCUT2D eigenvalue weighted by Crippen LogP contribution is 2.15. The van der Waals surface area contributed by atoms with Gasteiger partial charge >= 0.3 is 0 Å². The molecule has 0 amide bonds. The van der Waals surface area contributed by atoms with E-state index in [2.05, 4.69) is 5.32 Å². The number of ether oxygens (including phenoxy) is 3. The van der Waals surface area contributed by atoms with E-state index < -0.39 is 6.10 Å². The van der Waals surface area contributed by atoms with Crippen molar-refractivity contribution in [1.29, 1.82) is 0 Å². The Morgan fingerprint density at radius 3 is 2.60 bits per heavy atom. The van der Waals surface area contributed by atoms with Crippen molar-refractivity contribution in [1.82, 2.24) is 0 Å². The minimum Gasteiger partial charge on any atom is -0.389 e. The summed E-state index contributed by atoms with van der Waals surface area (Å²) in [5.74, 6) is 0. The lowest BCUT2D eigenvalue weighted by Crippen LogP contribution is -2.28. The molecule has 0 aliphatic rings. The second kappa shape index (κ2) is 9.72. The van der Waals surface area contributed by atoms with Gasteiger partial charge in [-0.15, -0.1) is 0 Å². The standard InChI is InChI=1S/C15H25NO4/c1-12(9-18-2)20-11-14(17)8-16-15-7-5-4-6-13(15)10-19-3/h4-7,12,14,16-17H,8-11H2,1-3H3. The Balaban J connectivity index is 2.35. The summed E-state index contributed by atoms with van der Waals surface area (Å²) in [5, 5.41) is 13.1. The molecule has 0 saturated heterocycles. The predicted octanol–water partition coefficient (Wildman–Crippen LogP) is 1.66. The molecular weight excluding hydrogens is 258 g/mol. The van der Waals surface area contributed by atoms with Gasteiger partial charge in [0, 0.05) is 32.0 Å². The fraction of sp³-hybridized carbons (Fsp3) is 0.600. The van der Waals surface area contributed by atoms with Crippen molar-refractivity contribution >= 4 is 5.69 Å². The van der Waals surface area contributed by atoms with Crippen LogP contribution in [0.2, 0.25) is 0 Å². The molecule has 114 valence electrons. The second-order valence-electron chi connectivity index (χ2n) is 4.72. The Morgan fingerprint density at radius 1 is 1.15 bits per heavy atom. The molecule has 0 bridgehead atoms. The van der Waals surface area contributed by atoms with E-state index >= 15 is 0 Å². The average molecular weight is 283 g/mol. The van der Waals surface area contributed by atoms with Crippen molar-refractivity contribution in [3.05, 3.63) is 29.8 Å². The molecular formula is C15H25NO4. The molecule has 1 aromatic rings. The van der Waals surface area contributed by atoms with Gasteiger partial charge in [-0.1, -0.05) is 18.2 Å². The van der Waals surface area contributed by atoms with E-state index in [0.717, 1.165) is 11.3 Å². The van der Waals surface area contributed by atoms with Gasteiger partial charge < -0.3 is 24.6 Å². The van der Waals surface area contributed by atoms with Gasteiger partial charge in [0.15, 0.2) is 0 Å². The predicted molar refractivity (Wildman–Crippen MR) is 78.9 cm³/mol. The van der Waals surface area contributed by atoms with Crippen molar-refractivity contribution in [3.8, 4) is 0 Å². The minimum atomic E-state index is -0.565. The molecule has 2 unspecified atom stereocenters. The number of hydrogen-bond acceptors (Lipinski definition) is 5. The molecule has 2 N–H and O–H groups in total. The minimum absolute atomic E-state index is 0.0181. The lowest BCUT2D eigenvalue weighted by atomic mass is 10.2. The maximum absolute atomic E-state index is 9.89. The molecule has 0 saturated carbocycles. The fourth-order valence-corrected chi connectivity index (χ4v) is 1.82. The molecule has 0 aromatic heterocycles. The van der Waals surface area contributed by atoms with Crippen LogP contribution in [0.25, 0.3) is 0 Å². The van der Waals surface area contributed by atoms with Gasteiger partial charge in [0.25, 0.3) is 0 Å². The quantitative estimate of drug-likeness (QED) is 0.684. The van der Waals surface area contributed by atoms with E-state index in [9.17, 15) is 5.11 Å². The summed E-state index contributed by atoms with van der Waals surface area (Å²) in [6.07, 6.45) is -0.583. The largest absolute Gasteiger partial charge is 0.389 e. The van der Waals surface area contributed by atoms with Crippen molar-refractivity contribution in [3.63, 3.8) is 0 Å². The second-order valence-corrected chi connectivity index (χ2v) is 4.72. The van der Waals surface area contributed by atoms with Gasteiger partial charge in [-0.3, -0.25) is 0 Å². The van der Waals surface area contributed by atoms with E-state index in [-0.39, 0.29) is 12.7 Å². The third-order valence-corrected chi connectivity index (χ3v) is 2.82. The number of hydrogen-bond donors (Lipinski definition) is 2. The molecule has 0 fully saturated rings. The number of methoxy groups -OCH3 is 2. The molecule has 1 rings (SSSR count). The Morgan fingerprint density at radius 2 is 1.90 bits per heavy atom. The van der Waals surface area contributed by atoms with Crippen LogP contribution >= 0.6 is 0 Å². The zero-order valence-electron chi connectivity index (χ0n) is 12.5. The molecule has 0 heterocycles. The van der Waals surface area contributed by atoms with Crippen LogP contribution in [0.15, 0.2) is 24.3 Å². The number of rotatable bonds is 10. The van der Waals surface area contributed by atoms with Crippen molar-refractivity contribution in [2.45, 2.75) is 25.7 Å². The number of aliphatic hydroxyl groups excluding tert-OH is 1. The first-order valence-electron chi connectivity index (χ1n) is 6.76. The lowest BCUT2D eigenvalue weighted by molar-refractivity contribution is -0.0282. The first-order chi connectivity index (χ1) is 9.67. The van der Waals surface area contributed by atoms with E-state index in [0.29, 0.717) is 19.8 Å². The molecule has 5 nitrogen and oxygen atoms in total. The summed E-state index contributed by atoms with van der Waals surface area (Å²) in [4.78, 5) is 0. The van der Waals surface area contributed by atoms with Crippen LogP contribution < -0.4 is 5.32 Å². The zero-order chi connectivity index (χ0) is 14.8. The number of benzene rings is 1. The van der Waals surface area contributed by atoms with Crippen molar-refractivity contribution in [2.75, 3.05) is 39.3 Å². The van der Waals surface area contributed by atoms with Crippen LogP contribution in [0.3, 0.4) is 0 Å². The van der Waals surface area contributed by atoms with Gasteiger partial charge in [-0.05, 0) is 13.0 Å². The van der Waals surface area contributed by atoms with Crippen LogP contribution in [0.5, 0.6) is 0 Å². The highest BCUT2D eigenvalue weighted by Gasteiger charge is 2.09. The smallest absolute Gasteiger partial charge is 0.0945 e. The van der Waals surface area contributed by atoms with E-state index in [1.807, 2.05) is 31.2 Å². The Hall–Kier alpha value is -1.14. The first-order valence-corrected chi connectivity index (χ1v) is 6.76. The highest BCUT2D eigenvalue weighted by molar-refractivity contribution is 5.50. The van der Waals surface area contributed by atoms with E-state index in [1.165, 1.54) is 0 Å². The SMILES string of the molecule is COCc1ccccc1NCC(O)COC(C)COC. The molecule has 0 radical (unpaired) electrons. The maximum Gasteiger partial charge on any atom is 0.0945 e. The topological polar surface area (TPSA) is 60.0 Å². The summed E-state index contributed by atoms with van der Waals surface area (Å²) in [5.41, 5.74) is 2.04. The van der Waals surface area contributed by atoms with Crippen molar-refractivity contribution in [2.24, 2.45) is 0 Å². The molecule has 20 heavy (non-hydrogen) atoms. The summed E-state index contributed by atoms with van der Waals surface area (Å²) < 4.78 is 15.6. The zero-order valence-corrected chi connectivity index (χ0v) is 12.5. The van der Waals surface area contributed by atoms with Crippen LogP contribution in [0.1, 0.15) is 12.5 Å². The third-order valence-electron chi connectivity index (χ3n) is 2.82. The van der Waals surface area contributed by atoms with Crippen LogP contribution in [0.4, 0.5) is 5.69 Å². The normalized spacial score (nSPS) is 14.0. The molecule has 2 atom stereocenters. The fourth-order valence-electron chi connectivity index (χ4n) is 1.82. The molecule has 0 aliphatic carbocycles. The maximum atomic E-state index is 9.89. The van der Waals surface area contributed by atoms with Crippen LogP contribution in [0, 0.1) is 0 Å². The van der Waals surface area contributed by atoms with Gasteiger partial charge in [-0.25, -0.2) is 0 Å². The van der Waals surface area contributed by atoms with E-state index in [1.54, 1.807) is 14.2 Å². The molecule has 0 spiro atoms. The molecule has 1 aromatic carbocycles. The van der Waals surface area contributed by atoms with E-state index in [4.69, 9.17) is 14.2 Å². The van der Waals surface area contributed by atoms with Crippen molar-refractivity contribution < 1.29 is 19.3 Å². The Labute approximate surface area is 120 Å². The average Bonchev–Trinajstić information content (AvgIpc) is 2.45. The first kappa shape index (κ1) is 16.9. The van der Waals surface area contributed by atoms with Gasteiger partial charge in [-0.2, -0.15) is 0 Å². The summed E-state index contributed by atoms with van der Waals surface area (Å²) in [6, 6.07) is 7.88. The van der Waals surface area contributed by atoms with Crippen LogP contribution in [-0.2, 0) is 20.8 Å².